The van der Waals surface area contributed by atoms with E-state index in [9.17, 15) is 10.2 Å². The Morgan fingerprint density at radius 2 is 1.94 bits per heavy atom. The Morgan fingerprint density at radius 3 is 2.73 bits per heavy atom. The van der Waals surface area contributed by atoms with Crippen LogP contribution in [-0.2, 0) is 13.1 Å². The molecule has 1 aliphatic heterocycles. The maximum absolute atomic E-state index is 9.81. The van der Waals surface area contributed by atoms with Crippen molar-refractivity contribution in [3.8, 4) is 11.5 Å². The summed E-state index contributed by atoms with van der Waals surface area (Å²) in [6, 6.07) is 10.8. The lowest BCUT2D eigenvalue weighted by atomic mass is 9.94. The Balaban J connectivity index is 1.38. The summed E-state index contributed by atoms with van der Waals surface area (Å²) < 4.78 is 2.68. The SMILES string of the molecule is Oc1cc(O)cc(CN2CCCC(c3cc(NCc4cccnc4)n4ncc(Br)c4n3)C2)c1. The molecule has 5 rings (SSSR count). The summed E-state index contributed by atoms with van der Waals surface area (Å²) in [5.41, 5.74) is 3.81. The highest BCUT2D eigenvalue weighted by Crippen LogP contribution is 2.31. The molecule has 0 amide bonds. The third kappa shape index (κ3) is 4.94. The minimum atomic E-state index is 0.0839. The quantitative estimate of drug-likeness (QED) is 0.357. The number of hydrogen-bond donors (Lipinski definition) is 3. The van der Waals surface area contributed by atoms with Crippen molar-refractivity contribution in [1.29, 1.82) is 0 Å². The van der Waals surface area contributed by atoms with E-state index in [4.69, 9.17) is 4.98 Å². The maximum atomic E-state index is 9.81. The molecule has 0 bridgehead atoms. The normalized spacial score (nSPS) is 16.8. The van der Waals surface area contributed by atoms with Gasteiger partial charge in [-0.3, -0.25) is 9.88 Å². The van der Waals surface area contributed by atoms with Gasteiger partial charge < -0.3 is 15.5 Å². The molecule has 9 heteroatoms. The van der Waals surface area contributed by atoms with E-state index in [1.807, 2.05) is 22.8 Å². The number of pyridine rings is 1. The average molecular weight is 509 g/mol. The lowest BCUT2D eigenvalue weighted by Crippen LogP contribution is -2.34. The van der Waals surface area contributed by atoms with E-state index in [1.54, 1.807) is 24.5 Å². The summed E-state index contributed by atoms with van der Waals surface area (Å²) in [6.45, 7) is 3.13. The van der Waals surface area contributed by atoms with Gasteiger partial charge in [0.15, 0.2) is 5.65 Å². The Morgan fingerprint density at radius 1 is 1.09 bits per heavy atom. The zero-order chi connectivity index (χ0) is 22.8. The number of phenolic OH excluding ortho intramolecular Hbond substituents is 2. The Kier molecular flexibility index (Phi) is 6.15. The van der Waals surface area contributed by atoms with Crippen LogP contribution in [0.25, 0.3) is 5.65 Å². The number of aromatic nitrogens is 4. The van der Waals surface area contributed by atoms with Crippen LogP contribution < -0.4 is 5.32 Å². The average Bonchev–Trinajstić information content (AvgIpc) is 3.18. The third-order valence-corrected chi connectivity index (χ3v) is 6.50. The molecule has 1 saturated heterocycles. The van der Waals surface area contributed by atoms with Crippen LogP contribution in [-0.4, -0.2) is 47.8 Å². The van der Waals surface area contributed by atoms with Gasteiger partial charge in [0, 0.05) is 50.1 Å². The van der Waals surface area contributed by atoms with Crippen LogP contribution in [0.3, 0.4) is 0 Å². The molecule has 1 unspecified atom stereocenters. The van der Waals surface area contributed by atoms with Gasteiger partial charge in [0.1, 0.15) is 17.3 Å². The first-order chi connectivity index (χ1) is 16.0. The second-order valence-electron chi connectivity index (χ2n) is 8.44. The van der Waals surface area contributed by atoms with Gasteiger partial charge in [-0.15, -0.1) is 0 Å². The first-order valence-corrected chi connectivity index (χ1v) is 11.8. The predicted octanol–water partition coefficient (Wildman–Crippen LogP) is 4.29. The first kappa shape index (κ1) is 21.7. The fraction of sp³-hybridized carbons (Fsp3) is 0.292. The van der Waals surface area contributed by atoms with Crippen molar-refractivity contribution < 1.29 is 10.2 Å². The molecule has 1 aromatic carbocycles. The van der Waals surface area contributed by atoms with Crippen molar-refractivity contribution in [2.75, 3.05) is 18.4 Å². The zero-order valence-corrected chi connectivity index (χ0v) is 19.6. The standard InChI is InChI=1S/C24H25BrN6O2/c25-21-13-28-31-23(27-12-16-3-1-5-26-11-16)10-22(29-24(21)31)18-4-2-6-30(15-18)14-17-7-19(32)9-20(33)8-17/h1,3,5,7-11,13,18,27,32-33H,2,4,6,12,14-15H2. The highest BCUT2D eigenvalue weighted by molar-refractivity contribution is 9.10. The summed E-state index contributed by atoms with van der Waals surface area (Å²) in [4.78, 5) is 11.5. The fourth-order valence-electron chi connectivity index (χ4n) is 4.43. The van der Waals surface area contributed by atoms with E-state index in [1.165, 1.54) is 6.07 Å². The largest absolute Gasteiger partial charge is 0.508 e. The molecular formula is C24H25BrN6O2. The molecule has 3 N–H and O–H groups in total. The molecule has 0 saturated carbocycles. The number of likely N-dealkylation sites (tertiary alicyclic amines) is 1. The number of piperidine rings is 1. The topological polar surface area (TPSA) is 98.8 Å². The van der Waals surface area contributed by atoms with E-state index in [-0.39, 0.29) is 17.4 Å². The number of fused-ring (bicyclic) bond motifs is 1. The number of aromatic hydroxyl groups is 2. The number of nitrogens with one attached hydrogen (secondary N) is 1. The Labute approximate surface area is 200 Å². The Hall–Kier alpha value is -3.17. The summed E-state index contributed by atoms with van der Waals surface area (Å²) >= 11 is 3.58. The van der Waals surface area contributed by atoms with Gasteiger partial charge >= 0.3 is 0 Å². The summed E-state index contributed by atoms with van der Waals surface area (Å²) in [5.74, 6) is 1.33. The number of halogens is 1. The van der Waals surface area contributed by atoms with Gasteiger partial charge in [0.25, 0.3) is 0 Å². The number of benzene rings is 1. The molecule has 4 heterocycles. The van der Waals surface area contributed by atoms with E-state index in [0.29, 0.717) is 13.1 Å². The van der Waals surface area contributed by atoms with E-state index >= 15 is 0 Å². The lowest BCUT2D eigenvalue weighted by molar-refractivity contribution is 0.198. The zero-order valence-electron chi connectivity index (χ0n) is 18.0. The monoisotopic (exact) mass is 508 g/mol. The molecule has 0 spiro atoms. The Bertz CT molecular complexity index is 1240. The van der Waals surface area contributed by atoms with Gasteiger partial charge in [0.2, 0.25) is 0 Å². The second-order valence-corrected chi connectivity index (χ2v) is 9.30. The summed E-state index contributed by atoms with van der Waals surface area (Å²) in [7, 11) is 0. The van der Waals surface area contributed by atoms with Gasteiger partial charge in [-0.05, 0) is 64.6 Å². The van der Waals surface area contributed by atoms with Crippen molar-refractivity contribution in [1.82, 2.24) is 24.5 Å². The fourth-order valence-corrected chi connectivity index (χ4v) is 4.78. The minimum Gasteiger partial charge on any atom is -0.508 e. The van der Waals surface area contributed by atoms with Crippen LogP contribution in [0.1, 0.15) is 35.6 Å². The van der Waals surface area contributed by atoms with E-state index < -0.39 is 0 Å². The van der Waals surface area contributed by atoms with Crippen LogP contribution in [0.5, 0.6) is 11.5 Å². The molecule has 0 aliphatic carbocycles. The molecule has 0 radical (unpaired) electrons. The highest BCUT2D eigenvalue weighted by atomic mass is 79.9. The predicted molar refractivity (Wildman–Crippen MR) is 129 cm³/mol. The molecular weight excluding hydrogens is 484 g/mol. The van der Waals surface area contributed by atoms with Crippen molar-refractivity contribution in [2.45, 2.75) is 31.8 Å². The van der Waals surface area contributed by atoms with E-state index in [2.05, 4.69) is 42.3 Å². The molecule has 3 aromatic heterocycles. The maximum Gasteiger partial charge on any atom is 0.171 e. The smallest absolute Gasteiger partial charge is 0.171 e. The minimum absolute atomic E-state index is 0.0839. The second kappa shape index (κ2) is 9.36. The third-order valence-electron chi connectivity index (χ3n) is 5.94. The van der Waals surface area contributed by atoms with Crippen LogP contribution in [0.2, 0.25) is 0 Å². The number of hydrogen-bond acceptors (Lipinski definition) is 7. The number of rotatable bonds is 6. The van der Waals surface area contributed by atoms with Crippen molar-refractivity contribution in [3.05, 3.63) is 76.3 Å². The summed E-state index contributed by atoms with van der Waals surface area (Å²) in [6.07, 6.45) is 7.50. The number of phenols is 2. The van der Waals surface area contributed by atoms with Gasteiger partial charge in [-0.25, -0.2) is 4.98 Å². The summed E-state index contributed by atoms with van der Waals surface area (Å²) in [5, 5.41) is 27.6. The van der Waals surface area contributed by atoms with Crippen LogP contribution in [0, 0.1) is 0 Å². The first-order valence-electron chi connectivity index (χ1n) is 11.0. The van der Waals surface area contributed by atoms with Crippen LogP contribution >= 0.6 is 15.9 Å². The molecule has 1 fully saturated rings. The lowest BCUT2D eigenvalue weighted by Gasteiger charge is -2.32. The van der Waals surface area contributed by atoms with Crippen molar-refractivity contribution in [2.24, 2.45) is 0 Å². The number of anilines is 1. The highest BCUT2D eigenvalue weighted by Gasteiger charge is 2.24. The van der Waals surface area contributed by atoms with Gasteiger partial charge in [-0.1, -0.05) is 6.07 Å². The van der Waals surface area contributed by atoms with Crippen LogP contribution in [0.15, 0.2) is 59.5 Å². The molecule has 1 atom stereocenters. The molecule has 170 valence electrons. The molecule has 4 aromatic rings. The number of nitrogens with zero attached hydrogens (tertiary/aromatic N) is 5. The van der Waals surface area contributed by atoms with E-state index in [0.717, 1.165) is 58.7 Å². The molecule has 33 heavy (non-hydrogen) atoms. The van der Waals surface area contributed by atoms with Crippen molar-refractivity contribution in [3.63, 3.8) is 0 Å². The van der Waals surface area contributed by atoms with Gasteiger partial charge in [0.05, 0.1) is 16.4 Å². The van der Waals surface area contributed by atoms with Crippen molar-refractivity contribution >= 4 is 27.4 Å². The molecule has 8 nitrogen and oxygen atoms in total. The molecule has 1 aliphatic rings. The van der Waals surface area contributed by atoms with Crippen LogP contribution in [0.4, 0.5) is 5.82 Å². The van der Waals surface area contributed by atoms with Gasteiger partial charge in [-0.2, -0.15) is 9.61 Å².